The third kappa shape index (κ3) is 3.57. The van der Waals surface area contributed by atoms with E-state index in [9.17, 15) is 9.18 Å². The Balaban J connectivity index is 2.05. The van der Waals surface area contributed by atoms with E-state index in [0.29, 0.717) is 23.6 Å². The number of aryl methyl sites for hydroxylation is 1. The first-order valence-corrected chi connectivity index (χ1v) is 7.38. The summed E-state index contributed by atoms with van der Waals surface area (Å²) in [5.41, 5.74) is 1.10. The molecule has 1 saturated heterocycles. The number of hydrogen-bond donors (Lipinski definition) is 1. The van der Waals surface area contributed by atoms with Crippen molar-refractivity contribution in [3.05, 3.63) is 35.1 Å². The molecule has 1 heterocycles. The quantitative estimate of drug-likeness (QED) is 0.918. The molecule has 1 aliphatic heterocycles. The van der Waals surface area contributed by atoms with Crippen molar-refractivity contribution >= 4 is 5.91 Å². The van der Waals surface area contributed by atoms with Gasteiger partial charge in [-0.05, 0) is 69.5 Å². The Hall–Kier alpha value is -1.42. The first-order valence-electron chi connectivity index (χ1n) is 7.38. The molecule has 1 atom stereocenters. The lowest BCUT2D eigenvalue weighted by Crippen LogP contribution is -2.41. The molecule has 0 bridgehead atoms. The summed E-state index contributed by atoms with van der Waals surface area (Å²) in [6, 6.07) is 4.59. The van der Waals surface area contributed by atoms with E-state index in [1.165, 1.54) is 18.9 Å². The lowest BCUT2D eigenvalue weighted by Gasteiger charge is -2.29. The smallest absolute Gasteiger partial charge is 0.253 e. The molecule has 0 radical (unpaired) electrons. The Morgan fingerprint density at radius 1 is 1.50 bits per heavy atom. The van der Waals surface area contributed by atoms with Crippen LogP contribution < -0.4 is 5.32 Å². The van der Waals surface area contributed by atoms with Gasteiger partial charge in [0.05, 0.1) is 0 Å². The second kappa shape index (κ2) is 6.84. The Bertz CT molecular complexity index is 470. The summed E-state index contributed by atoms with van der Waals surface area (Å²) in [5, 5.41) is 3.37. The average molecular weight is 278 g/mol. The molecule has 0 aromatic heterocycles. The summed E-state index contributed by atoms with van der Waals surface area (Å²) in [4.78, 5) is 14.4. The molecule has 1 aliphatic rings. The topological polar surface area (TPSA) is 32.3 Å². The van der Waals surface area contributed by atoms with E-state index in [4.69, 9.17) is 0 Å². The van der Waals surface area contributed by atoms with Gasteiger partial charge in [-0.2, -0.15) is 0 Å². The summed E-state index contributed by atoms with van der Waals surface area (Å²) in [5.74, 6) is 0.261. The molecule has 1 fully saturated rings. The zero-order chi connectivity index (χ0) is 14.5. The van der Waals surface area contributed by atoms with Gasteiger partial charge in [0.1, 0.15) is 5.82 Å². The lowest BCUT2D eigenvalue weighted by molar-refractivity contribution is 0.0729. The standard InChI is InChI=1S/C16H23FN2O/c1-3-19(11-13-5-4-8-18-10-13)16(20)14-6-7-15(17)12(2)9-14/h6-7,9,13,18H,3-5,8,10-11H2,1-2H3. The number of carbonyl (C=O) groups is 1. The normalized spacial score (nSPS) is 18.9. The first kappa shape index (κ1) is 15.0. The summed E-state index contributed by atoms with van der Waals surface area (Å²) < 4.78 is 13.3. The maximum absolute atomic E-state index is 13.3. The van der Waals surface area contributed by atoms with Gasteiger partial charge in [0.15, 0.2) is 0 Å². The summed E-state index contributed by atoms with van der Waals surface area (Å²) in [7, 11) is 0. The zero-order valence-corrected chi connectivity index (χ0v) is 12.3. The van der Waals surface area contributed by atoms with Crippen LogP contribution >= 0.6 is 0 Å². The van der Waals surface area contributed by atoms with Gasteiger partial charge in [-0.3, -0.25) is 4.79 Å². The van der Waals surface area contributed by atoms with Gasteiger partial charge in [0.25, 0.3) is 5.91 Å². The van der Waals surface area contributed by atoms with Crippen molar-refractivity contribution in [3.8, 4) is 0 Å². The van der Waals surface area contributed by atoms with E-state index in [0.717, 1.165) is 19.6 Å². The number of nitrogens with zero attached hydrogens (tertiary/aromatic N) is 1. The van der Waals surface area contributed by atoms with Gasteiger partial charge in [0.2, 0.25) is 0 Å². The summed E-state index contributed by atoms with van der Waals surface area (Å²) in [6.45, 7) is 7.20. The van der Waals surface area contributed by atoms with Crippen molar-refractivity contribution in [3.63, 3.8) is 0 Å². The molecule has 0 spiro atoms. The number of rotatable bonds is 4. The highest BCUT2D eigenvalue weighted by Crippen LogP contribution is 2.15. The second-order valence-corrected chi connectivity index (χ2v) is 5.52. The number of benzene rings is 1. The maximum atomic E-state index is 13.3. The minimum Gasteiger partial charge on any atom is -0.339 e. The second-order valence-electron chi connectivity index (χ2n) is 5.52. The van der Waals surface area contributed by atoms with Gasteiger partial charge in [-0.15, -0.1) is 0 Å². The van der Waals surface area contributed by atoms with Crippen LogP contribution in [0.2, 0.25) is 0 Å². The number of amides is 1. The number of carbonyl (C=O) groups excluding carboxylic acids is 1. The van der Waals surface area contributed by atoms with Gasteiger partial charge < -0.3 is 10.2 Å². The lowest BCUT2D eigenvalue weighted by atomic mass is 9.98. The zero-order valence-electron chi connectivity index (χ0n) is 12.3. The Morgan fingerprint density at radius 2 is 2.30 bits per heavy atom. The number of halogens is 1. The molecule has 1 N–H and O–H groups in total. The Labute approximate surface area is 120 Å². The fourth-order valence-electron chi connectivity index (χ4n) is 2.71. The molecule has 0 aliphatic carbocycles. The van der Waals surface area contributed by atoms with Gasteiger partial charge in [0, 0.05) is 18.7 Å². The van der Waals surface area contributed by atoms with Crippen LogP contribution in [-0.4, -0.2) is 37.0 Å². The first-order chi connectivity index (χ1) is 9.61. The summed E-state index contributed by atoms with van der Waals surface area (Å²) in [6.07, 6.45) is 2.34. The molecule has 110 valence electrons. The van der Waals surface area contributed by atoms with Crippen molar-refractivity contribution in [2.24, 2.45) is 5.92 Å². The minimum atomic E-state index is -0.263. The van der Waals surface area contributed by atoms with Crippen LogP contribution in [0.3, 0.4) is 0 Å². The predicted molar refractivity (Wildman–Crippen MR) is 78.3 cm³/mol. The van der Waals surface area contributed by atoms with Gasteiger partial charge in [-0.1, -0.05) is 0 Å². The SMILES string of the molecule is CCN(CC1CCCNC1)C(=O)c1ccc(F)c(C)c1. The van der Waals surface area contributed by atoms with Gasteiger partial charge in [-0.25, -0.2) is 4.39 Å². The largest absolute Gasteiger partial charge is 0.339 e. The molecule has 1 aromatic rings. The van der Waals surface area contributed by atoms with Crippen molar-refractivity contribution in [2.75, 3.05) is 26.2 Å². The molecule has 2 rings (SSSR count). The van der Waals surface area contributed by atoms with Crippen LogP contribution in [0, 0.1) is 18.7 Å². The average Bonchev–Trinajstić information content (AvgIpc) is 2.48. The molecule has 1 amide bonds. The van der Waals surface area contributed by atoms with Crippen LogP contribution in [0.1, 0.15) is 35.7 Å². The van der Waals surface area contributed by atoms with Crippen molar-refractivity contribution in [1.29, 1.82) is 0 Å². The fourth-order valence-corrected chi connectivity index (χ4v) is 2.71. The van der Waals surface area contributed by atoms with Gasteiger partial charge >= 0.3 is 0 Å². The molecule has 3 nitrogen and oxygen atoms in total. The molecule has 1 aromatic carbocycles. The predicted octanol–water partition coefficient (Wildman–Crippen LogP) is 2.60. The highest BCUT2D eigenvalue weighted by atomic mass is 19.1. The van der Waals surface area contributed by atoms with E-state index in [-0.39, 0.29) is 11.7 Å². The molecule has 4 heteroatoms. The Morgan fingerprint density at radius 3 is 2.90 bits per heavy atom. The molecule has 0 saturated carbocycles. The molecule has 1 unspecified atom stereocenters. The molecule has 20 heavy (non-hydrogen) atoms. The fraction of sp³-hybridized carbons (Fsp3) is 0.562. The van der Waals surface area contributed by atoms with Crippen LogP contribution in [-0.2, 0) is 0 Å². The van der Waals surface area contributed by atoms with E-state index in [1.807, 2.05) is 11.8 Å². The number of nitrogens with one attached hydrogen (secondary N) is 1. The summed E-state index contributed by atoms with van der Waals surface area (Å²) >= 11 is 0. The van der Waals surface area contributed by atoms with Crippen LogP contribution in [0.4, 0.5) is 4.39 Å². The third-order valence-corrected chi connectivity index (χ3v) is 3.95. The van der Waals surface area contributed by atoms with E-state index in [2.05, 4.69) is 5.32 Å². The van der Waals surface area contributed by atoms with Crippen molar-refractivity contribution < 1.29 is 9.18 Å². The highest BCUT2D eigenvalue weighted by Gasteiger charge is 2.21. The van der Waals surface area contributed by atoms with E-state index >= 15 is 0 Å². The monoisotopic (exact) mass is 278 g/mol. The van der Waals surface area contributed by atoms with Crippen LogP contribution in [0.25, 0.3) is 0 Å². The molecular formula is C16H23FN2O. The number of piperidine rings is 1. The van der Waals surface area contributed by atoms with E-state index < -0.39 is 0 Å². The van der Waals surface area contributed by atoms with Crippen LogP contribution in [0.5, 0.6) is 0 Å². The van der Waals surface area contributed by atoms with Crippen LogP contribution in [0.15, 0.2) is 18.2 Å². The highest BCUT2D eigenvalue weighted by molar-refractivity contribution is 5.94. The minimum absolute atomic E-state index is 0.00109. The van der Waals surface area contributed by atoms with Crippen molar-refractivity contribution in [1.82, 2.24) is 10.2 Å². The molecular weight excluding hydrogens is 255 g/mol. The maximum Gasteiger partial charge on any atom is 0.253 e. The van der Waals surface area contributed by atoms with Crippen molar-refractivity contribution in [2.45, 2.75) is 26.7 Å². The number of hydrogen-bond acceptors (Lipinski definition) is 2. The third-order valence-electron chi connectivity index (χ3n) is 3.95. The van der Waals surface area contributed by atoms with E-state index in [1.54, 1.807) is 19.1 Å². The Kier molecular flexibility index (Phi) is 5.12.